The summed E-state index contributed by atoms with van der Waals surface area (Å²) in [6.45, 7) is 0. The van der Waals surface area contributed by atoms with Gasteiger partial charge in [0.15, 0.2) is 5.58 Å². The van der Waals surface area contributed by atoms with E-state index in [0.29, 0.717) is 0 Å². The first kappa shape index (κ1) is 32.8. The van der Waals surface area contributed by atoms with Gasteiger partial charge in [0.05, 0.1) is 11.2 Å². The molecular weight excluding hydrogens is 693 g/mol. The first-order valence-corrected chi connectivity index (χ1v) is 19.4. The van der Waals surface area contributed by atoms with Gasteiger partial charge in [0.25, 0.3) is 0 Å². The van der Waals surface area contributed by atoms with Crippen molar-refractivity contribution in [2.24, 2.45) is 0 Å². The SMILES string of the molecule is c1ccc(-c2ccc(N(c3ccc(-c4cccc5ccccc45)cc3)c3ccccc3-c3cccc4c3oc3c5ccccc5n(-c5ccccc5)c43)cc2)cc1. The molecule has 0 spiro atoms. The Morgan fingerprint density at radius 2 is 0.895 bits per heavy atom. The first-order valence-electron chi connectivity index (χ1n) is 19.4. The lowest BCUT2D eigenvalue weighted by atomic mass is 9.97. The van der Waals surface area contributed by atoms with Crippen LogP contribution in [0.2, 0.25) is 0 Å². The van der Waals surface area contributed by atoms with E-state index in [1.165, 1.54) is 33.0 Å². The predicted molar refractivity (Wildman–Crippen MR) is 239 cm³/mol. The van der Waals surface area contributed by atoms with Gasteiger partial charge in [0.2, 0.25) is 0 Å². The highest BCUT2D eigenvalue weighted by atomic mass is 16.3. The van der Waals surface area contributed by atoms with Gasteiger partial charge in [-0.3, -0.25) is 0 Å². The van der Waals surface area contributed by atoms with Crippen LogP contribution in [-0.2, 0) is 0 Å². The molecule has 9 aromatic carbocycles. The second-order valence-corrected chi connectivity index (χ2v) is 14.5. The van der Waals surface area contributed by atoms with Gasteiger partial charge in [0.1, 0.15) is 11.1 Å². The van der Waals surface area contributed by atoms with Crippen LogP contribution in [0.25, 0.3) is 82.8 Å². The Bertz CT molecular complexity index is 3210. The monoisotopic (exact) mass is 728 g/mol. The van der Waals surface area contributed by atoms with Crippen molar-refractivity contribution in [3.8, 4) is 39.1 Å². The van der Waals surface area contributed by atoms with Crippen molar-refractivity contribution in [2.45, 2.75) is 0 Å². The lowest BCUT2D eigenvalue weighted by molar-refractivity contribution is 0.674. The molecule has 0 radical (unpaired) electrons. The van der Waals surface area contributed by atoms with Crippen molar-refractivity contribution in [3.63, 3.8) is 0 Å². The van der Waals surface area contributed by atoms with E-state index in [4.69, 9.17) is 4.42 Å². The molecule has 11 aromatic rings. The van der Waals surface area contributed by atoms with Crippen molar-refractivity contribution in [3.05, 3.63) is 218 Å². The molecule has 3 nitrogen and oxygen atoms in total. The third kappa shape index (κ3) is 5.51. The number of furan rings is 1. The van der Waals surface area contributed by atoms with Crippen LogP contribution in [0.15, 0.2) is 223 Å². The number of para-hydroxylation sites is 4. The third-order valence-electron chi connectivity index (χ3n) is 11.2. The number of aromatic nitrogens is 1. The summed E-state index contributed by atoms with van der Waals surface area (Å²) >= 11 is 0. The maximum Gasteiger partial charge on any atom is 0.161 e. The predicted octanol–water partition coefficient (Wildman–Crippen LogP) is 15.2. The van der Waals surface area contributed by atoms with Crippen LogP contribution in [0.3, 0.4) is 0 Å². The Balaban J connectivity index is 1.10. The molecule has 57 heavy (non-hydrogen) atoms. The second-order valence-electron chi connectivity index (χ2n) is 14.5. The fourth-order valence-corrected chi connectivity index (χ4v) is 8.57. The highest BCUT2D eigenvalue weighted by molar-refractivity contribution is 6.19. The molecule has 0 aliphatic rings. The van der Waals surface area contributed by atoms with Crippen LogP contribution >= 0.6 is 0 Å². The molecule has 0 unspecified atom stereocenters. The zero-order valence-corrected chi connectivity index (χ0v) is 31.1. The summed E-state index contributed by atoms with van der Waals surface area (Å²) in [5, 5.41) is 4.66. The fourth-order valence-electron chi connectivity index (χ4n) is 8.57. The molecule has 2 aromatic heterocycles. The highest BCUT2D eigenvalue weighted by Crippen LogP contribution is 2.46. The first-order chi connectivity index (χ1) is 28.3. The molecule has 0 saturated carbocycles. The summed E-state index contributed by atoms with van der Waals surface area (Å²) in [6.07, 6.45) is 0. The summed E-state index contributed by atoms with van der Waals surface area (Å²) in [5.74, 6) is 0. The maximum absolute atomic E-state index is 7.02. The molecule has 0 fully saturated rings. The zero-order valence-electron chi connectivity index (χ0n) is 31.1. The number of hydrogen-bond acceptors (Lipinski definition) is 2. The summed E-state index contributed by atoms with van der Waals surface area (Å²) in [6, 6.07) is 77.9. The Labute approximate surface area is 330 Å². The van der Waals surface area contributed by atoms with Crippen LogP contribution in [0.1, 0.15) is 0 Å². The van der Waals surface area contributed by atoms with E-state index >= 15 is 0 Å². The van der Waals surface area contributed by atoms with Crippen LogP contribution in [0.5, 0.6) is 0 Å². The van der Waals surface area contributed by atoms with Crippen molar-refractivity contribution < 1.29 is 4.42 Å². The molecule has 0 atom stereocenters. The Hall–Kier alpha value is -7.62. The fraction of sp³-hybridized carbons (Fsp3) is 0. The van der Waals surface area contributed by atoms with Crippen molar-refractivity contribution in [1.29, 1.82) is 0 Å². The molecule has 0 bridgehead atoms. The molecule has 0 amide bonds. The summed E-state index contributed by atoms with van der Waals surface area (Å²) < 4.78 is 9.36. The van der Waals surface area contributed by atoms with Crippen LogP contribution < -0.4 is 4.90 Å². The molecule has 268 valence electrons. The minimum atomic E-state index is 0.871. The van der Waals surface area contributed by atoms with E-state index in [1.807, 2.05) is 0 Å². The maximum atomic E-state index is 7.02. The highest BCUT2D eigenvalue weighted by Gasteiger charge is 2.24. The number of nitrogens with zero attached hydrogens (tertiary/aromatic N) is 2. The number of fused-ring (bicyclic) bond motifs is 6. The van der Waals surface area contributed by atoms with Gasteiger partial charge in [-0.15, -0.1) is 0 Å². The van der Waals surface area contributed by atoms with Crippen molar-refractivity contribution >= 4 is 60.8 Å². The van der Waals surface area contributed by atoms with Gasteiger partial charge in [-0.1, -0.05) is 158 Å². The van der Waals surface area contributed by atoms with Crippen molar-refractivity contribution in [1.82, 2.24) is 4.57 Å². The Morgan fingerprint density at radius 3 is 1.68 bits per heavy atom. The number of benzene rings is 9. The molecular formula is C54H36N2O. The summed E-state index contributed by atoms with van der Waals surface area (Å²) in [5.41, 5.74) is 15.2. The van der Waals surface area contributed by atoms with E-state index in [0.717, 1.165) is 66.8 Å². The quantitative estimate of drug-likeness (QED) is 0.163. The van der Waals surface area contributed by atoms with Crippen LogP contribution in [0, 0.1) is 0 Å². The standard InChI is InChI=1S/C54H36N2O/c1-3-15-37(16-4-1)38-29-33-42(34-30-38)55(43-35-31-40(32-36-43)45-24-13-18-39-17-7-8-21-44(39)45)50-27-11-9-22-46(50)47-25-14-26-49-52-54(57-53(47)49)48-23-10-12-28-51(48)56(52)41-19-5-2-6-20-41/h1-36H. The van der Waals surface area contributed by atoms with E-state index in [1.54, 1.807) is 0 Å². The molecule has 0 saturated heterocycles. The summed E-state index contributed by atoms with van der Waals surface area (Å²) in [4.78, 5) is 2.37. The molecule has 0 N–H and O–H groups in total. The second kappa shape index (κ2) is 13.6. The molecule has 2 heterocycles. The van der Waals surface area contributed by atoms with Gasteiger partial charge in [-0.2, -0.15) is 0 Å². The average molecular weight is 729 g/mol. The minimum absolute atomic E-state index is 0.871. The van der Waals surface area contributed by atoms with Gasteiger partial charge in [-0.05, 0) is 93.7 Å². The third-order valence-corrected chi connectivity index (χ3v) is 11.2. The minimum Gasteiger partial charge on any atom is -0.453 e. The lowest BCUT2D eigenvalue weighted by Crippen LogP contribution is -2.11. The molecule has 3 heteroatoms. The van der Waals surface area contributed by atoms with Gasteiger partial charge in [-0.25, -0.2) is 0 Å². The smallest absolute Gasteiger partial charge is 0.161 e. The van der Waals surface area contributed by atoms with Crippen LogP contribution in [0.4, 0.5) is 17.1 Å². The largest absolute Gasteiger partial charge is 0.453 e. The topological polar surface area (TPSA) is 21.3 Å². The van der Waals surface area contributed by atoms with E-state index in [2.05, 4.69) is 228 Å². The van der Waals surface area contributed by atoms with Crippen molar-refractivity contribution in [2.75, 3.05) is 4.90 Å². The van der Waals surface area contributed by atoms with E-state index in [9.17, 15) is 0 Å². The number of hydrogen-bond donors (Lipinski definition) is 0. The van der Waals surface area contributed by atoms with E-state index in [-0.39, 0.29) is 0 Å². The van der Waals surface area contributed by atoms with E-state index < -0.39 is 0 Å². The number of anilines is 3. The average Bonchev–Trinajstić information content (AvgIpc) is 3.83. The van der Waals surface area contributed by atoms with Gasteiger partial charge in [0, 0.05) is 39.0 Å². The Morgan fingerprint density at radius 1 is 0.351 bits per heavy atom. The normalized spacial score (nSPS) is 11.5. The molecule has 0 aliphatic carbocycles. The Kier molecular flexibility index (Phi) is 7.82. The van der Waals surface area contributed by atoms with Gasteiger partial charge < -0.3 is 13.9 Å². The molecule has 0 aliphatic heterocycles. The number of rotatable bonds is 7. The summed E-state index contributed by atoms with van der Waals surface area (Å²) in [7, 11) is 0. The lowest BCUT2D eigenvalue weighted by Gasteiger charge is -2.28. The van der Waals surface area contributed by atoms with Crippen LogP contribution in [-0.4, -0.2) is 4.57 Å². The zero-order chi connectivity index (χ0) is 37.7. The molecule has 11 rings (SSSR count). The van der Waals surface area contributed by atoms with Gasteiger partial charge >= 0.3 is 0 Å².